The highest BCUT2D eigenvalue weighted by Crippen LogP contribution is 2.36. The van der Waals surface area contributed by atoms with Crippen LogP contribution in [0.2, 0.25) is 0 Å². The number of amides is 1. The van der Waals surface area contributed by atoms with Gasteiger partial charge < -0.3 is 4.57 Å². The summed E-state index contributed by atoms with van der Waals surface area (Å²) in [4.78, 5) is 35.0. The molecule has 1 saturated heterocycles. The topological polar surface area (TPSA) is 112 Å². The van der Waals surface area contributed by atoms with Gasteiger partial charge in [0.25, 0.3) is 5.56 Å². The summed E-state index contributed by atoms with van der Waals surface area (Å²) in [5, 5.41) is 19.7. The maximum absolute atomic E-state index is 13.2. The number of hydrogen-bond acceptors (Lipinski definition) is 6. The Bertz CT molecular complexity index is 1110. The summed E-state index contributed by atoms with van der Waals surface area (Å²) >= 11 is 0. The van der Waals surface area contributed by atoms with Gasteiger partial charge in [0.15, 0.2) is 0 Å². The fourth-order valence-corrected chi connectivity index (χ4v) is 4.48. The van der Waals surface area contributed by atoms with E-state index in [9.17, 15) is 9.59 Å². The summed E-state index contributed by atoms with van der Waals surface area (Å²) < 4.78 is 1.60. The third-order valence-electron chi connectivity index (χ3n) is 6.16. The normalized spacial score (nSPS) is 23.2. The quantitative estimate of drug-likeness (QED) is 0.756. The first-order valence-corrected chi connectivity index (χ1v) is 10.5. The molecule has 1 aliphatic heterocycles. The molecule has 2 fully saturated rings. The second-order valence-corrected chi connectivity index (χ2v) is 8.16. The van der Waals surface area contributed by atoms with Gasteiger partial charge in [0.05, 0.1) is 23.8 Å². The predicted octanol–water partition coefficient (Wildman–Crippen LogP) is 2.70. The number of nitrogens with zero attached hydrogens (tertiary/aromatic N) is 5. The molecule has 8 nitrogen and oxygen atoms in total. The summed E-state index contributed by atoms with van der Waals surface area (Å²) in [6.45, 7) is 1.02. The van der Waals surface area contributed by atoms with Crippen molar-refractivity contribution in [2.75, 3.05) is 6.61 Å². The Morgan fingerprint density at radius 2 is 1.87 bits per heavy atom. The average Bonchev–Trinajstić information content (AvgIpc) is 3.30. The van der Waals surface area contributed by atoms with E-state index in [1.165, 1.54) is 23.4 Å². The van der Waals surface area contributed by atoms with E-state index in [1.807, 2.05) is 0 Å². The van der Waals surface area contributed by atoms with Gasteiger partial charge in [-0.2, -0.15) is 10.5 Å². The van der Waals surface area contributed by atoms with Gasteiger partial charge in [0.1, 0.15) is 12.1 Å². The summed E-state index contributed by atoms with van der Waals surface area (Å²) in [5.41, 5.74) is 1.64. The van der Waals surface area contributed by atoms with Crippen LogP contribution in [0.25, 0.3) is 0 Å². The molecule has 0 N–H and O–H groups in total. The van der Waals surface area contributed by atoms with Gasteiger partial charge in [-0.15, -0.1) is 0 Å². The zero-order valence-electron chi connectivity index (χ0n) is 17.1. The number of hydrogen-bond donors (Lipinski definition) is 0. The van der Waals surface area contributed by atoms with Gasteiger partial charge >= 0.3 is 0 Å². The lowest BCUT2D eigenvalue weighted by Crippen LogP contribution is -2.37. The first-order valence-electron chi connectivity index (χ1n) is 10.5. The predicted molar refractivity (Wildman–Crippen MR) is 110 cm³/mol. The van der Waals surface area contributed by atoms with E-state index in [4.69, 9.17) is 15.4 Å². The lowest BCUT2D eigenvalue weighted by molar-refractivity contribution is -0.183. The standard InChI is InChI=1S/C23H23N5O3/c24-10-17-3-6-22(29)27(15-17)14-16-1-4-19(5-2-16)23(30)28-21(7-8-31-28)20-9-18(11-25)12-26-13-20/h3,6,9,12-13,15-16,19,21H,1-2,4-5,7-8,14H2/t16-,19-,21-/m0/s1. The minimum atomic E-state index is -0.224. The molecule has 0 aromatic carbocycles. The number of pyridine rings is 2. The molecule has 1 atom stereocenters. The van der Waals surface area contributed by atoms with Crippen molar-refractivity contribution in [3.8, 4) is 12.1 Å². The number of nitriles is 2. The van der Waals surface area contributed by atoms with Gasteiger partial charge in [0, 0.05) is 43.5 Å². The van der Waals surface area contributed by atoms with E-state index in [1.54, 1.807) is 23.0 Å². The van der Waals surface area contributed by atoms with Gasteiger partial charge in [-0.1, -0.05) is 0 Å². The van der Waals surface area contributed by atoms with Crippen molar-refractivity contribution < 1.29 is 9.63 Å². The Balaban J connectivity index is 1.38. The van der Waals surface area contributed by atoms with Crippen LogP contribution in [-0.4, -0.2) is 27.1 Å². The van der Waals surface area contributed by atoms with E-state index >= 15 is 0 Å². The van der Waals surface area contributed by atoms with Crippen LogP contribution in [-0.2, 0) is 16.2 Å². The molecule has 4 rings (SSSR count). The van der Waals surface area contributed by atoms with Crippen LogP contribution in [0.5, 0.6) is 0 Å². The number of hydroxylamine groups is 2. The highest BCUT2D eigenvalue weighted by atomic mass is 16.7. The van der Waals surface area contributed by atoms with Crippen molar-refractivity contribution >= 4 is 5.91 Å². The summed E-state index contributed by atoms with van der Waals surface area (Å²) in [5.74, 6) is 0.153. The van der Waals surface area contributed by atoms with E-state index in [-0.39, 0.29) is 23.4 Å². The summed E-state index contributed by atoms with van der Waals surface area (Å²) in [7, 11) is 0. The third-order valence-corrected chi connectivity index (χ3v) is 6.16. The zero-order valence-corrected chi connectivity index (χ0v) is 17.1. The summed E-state index contributed by atoms with van der Waals surface area (Å²) in [6.07, 6.45) is 8.61. The lowest BCUT2D eigenvalue weighted by atomic mass is 9.81. The minimum Gasteiger partial charge on any atom is -0.314 e. The second kappa shape index (κ2) is 9.11. The van der Waals surface area contributed by atoms with Crippen molar-refractivity contribution in [2.45, 2.75) is 44.7 Å². The fraction of sp³-hybridized carbons (Fsp3) is 0.435. The smallest absolute Gasteiger partial charge is 0.250 e. The molecule has 0 bridgehead atoms. The van der Waals surface area contributed by atoms with Crippen LogP contribution in [0.3, 0.4) is 0 Å². The first-order chi connectivity index (χ1) is 15.1. The Hall–Kier alpha value is -3.49. The van der Waals surface area contributed by atoms with Crippen molar-refractivity contribution in [3.63, 3.8) is 0 Å². The Kier molecular flexibility index (Phi) is 6.11. The SMILES string of the molecule is N#Cc1cncc([C@@H]2CCON2C(=O)[C@H]2CC[C@H](Cn3cc(C#N)ccc3=O)CC2)c1. The van der Waals surface area contributed by atoms with E-state index in [0.717, 1.165) is 31.2 Å². The van der Waals surface area contributed by atoms with Crippen molar-refractivity contribution in [1.82, 2.24) is 14.6 Å². The van der Waals surface area contributed by atoms with E-state index in [2.05, 4.69) is 17.1 Å². The van der Waals surface area contributed by atoms with Crippen LogP contribution in [0, 0.1) is 34.5 Å². The molecule has 2 aromatic rings. The first kappa shape index (κ1) is 20.8. The number of carbonyl (C=O) groups is 1. The largest absolute Gasteiger partial charge is 0.314 e. The van der Waals surface area contributed by atoms with Crippen molar-refractivity contribution in [3.05, 3.63) is 63.8 Å². The van der Waals surface area contributed by atoms with Gasteiger partial charge in [0.2, 0.25) is 5.91 Å². The van der Waals surface area contributed by atoms with E-state index in [0.29, 0.717) is 36.6 Å². The highest BCUT2D eigenvalue weighted by Gasteiger charge is 2.37. The molecule has 0 unspecified atom stereocenters. The monoisotopic (exact) mass is 417 g/mol. The molecular formula is C23H23N5O3. The average molecular weight is 417 g/mol. The minimum absolute atomic E-state index is 0.0213. The lowest BCUT2D eigenvalue weighted by Gasteiger charge is -2.32. The van der Waals surface area contributed by atoms with Gasteiger partial charge in [-0.3, -0.25) is 19.4 Å². The molecule has 31 heavy (non-hydrogen) atoms. The fourth-order valence-electron chi connectivity index (χ4n) is 4.48. The van der Waals surface area contributed by atoms with Crippen LogP contribution in [0.15, 0.2) is 41.6 Å². The van der Waals surface area contributed by atoms with Crippen LogP contribution < -0.4 is 5.56 Å². The molecule has 158 valence electrons. The van der Waals surface area contributed by atoms with E-state index < -0.39 is 0 Å². The van der Waals surface area contributed by atoms with Crippen LogP contribution >= 0.6 is 0 Å². The molecule has 2 aliphatic rings. The van der Waals surface area contributed by atoms with Crippen molar-refractivity contribution in [2.24, 2.45) is 11.8 Å². The molecule has 1 saturated carbocycles. The van der Waals surface area contributed by atoms with Crippen LogP contribution in [0.1, 0.15) is 54.8 Å². The summed E-state index contributed by atoms with van der Waals surface area (Å²) in [6, 6.07) is 8.64. The molecule has 0 radical (unpaired) electrons. The second-order valence-electron chi connectivity index (χ2n) is 8.16. The maximum Gasteiger partial charge on any atom is 0.250 e. The molecule has 2 aromatic heterocycles. The molecule has 1 aliphatic carbocycles. The van der Waals surface area contributed by atoms with Gasteiger partial charge in [-0.25, -0.2) is 5.06 Å². The number of carbonyl (C=O) groups excluding carboxylic acids is 1. The molecule has 1 amide bonds. The third kappa shape index (κ3) is 4.50. The van der Waals surface area contributed by atoms with Crippen LogP contribution in [0.4, 0.5) is 0 Å². The Morgan fingerprint density at radius 3 is 2.61 bits per heavy atom. The highest BCUT2D eigenvalue weighted by molar-refractivity contribution is 5.78. The molecule has 3 heterocycles. The van der Waals surface area contributed by atoms with Crippen molar-refractivity contribution in [1.29, 1.82) is 10.5 Å². The maximum atomic E-state index is 13.2. The zero-order chi connectivity index (χ0) is 21.8. The molecule has 0 spiro atoms. The van der Waals surface area contributed by atoms with Gasteiger partial charge in [-0.05, 0) is 49.3 Å². The molecular weight excluding hydrogens is 394 g/mol. The Morgan fingerprint density at radius 1 is 1.10 bits per heavy atom. The Labute approximate surface area is 180 Å². The molecule has 8 heteroatoms. The number of rotatable bonds is 4. The number of aromatic nitrogens is 2.